The van der Waals surface area contributed by atoms with Crippen molar-refractivity contribution < 1.29 is 20.2 Å². The zero-order valence-corrected chi connectivity index (χ0v) is 10.6. The van der Waals surface area contributed by atoms with E-state index in [9.17, 15) is 0 Å². The van der Waals surface area contributed by atoms with E-state index in [-0.39, 0.29) is 18.7 Å². The largest absolute Gasteiger partial charge is 0.870 e. The first-order valence-corrected chi connectivity index (χ1v) is 5.71. The fraction of sp³-hybridized carbons (Fsp3) is 0.538. The molecular formula is C13H23NO3. The van der Waals surface area contributed by atoms with E-state index in [0.717, 1.165) is 6.54 Å². The predicted octanol–water partition coefficient (Wildman–Crippen LogP) is 0.749. The first-order valence-electron chi connectivity index (χ1n) is 5.71. The summed E-state index contributed by atoms with van der Waals surface area (Å²) in [7, 11) is 2.07. The van der Waals surface area contributed by atoms with Gasteiger partial charge in [0.1, 0.15) is 19.6 Å². The van der Waals surface area contributed by atoms with Gasteiger partial charge in [0, 0.05) is 5.56 Å². The molecule has 1 aromatic carbocycles. The number of aryl methyl sites for hydroxylation is 1. The molecule has 0 aliphatic rings. The summed E-state index contributed by atoms with van der Waals surface area (Å²) in [6, 6.07) is 8.27. The van der Waals surface area contributed by atoms with E-state index in [1.807, 2.05) is 12.1 Å². The van der Waals surface area contributed by atoms with Crippen molar-refractivity contribution in [1.29, 1.82) is 0 Å². The Morgan fingerprint density at radius 2 is 1.59 bits per heavy atom. The molecule has 0 bridgehead atoms. The molecule has 0 amide bonds. The fourth-order valence-corrected chi connectivity index (χ4v) is 1.95. The van der Waals surface area contributed by atoms with Gasteiger partial charge in [-0.1, -0.05) is 24.3 Å². The molecule has 1 aromatic rings. The number of nitrogens with zero attached hydrogens (tertiary/aromatic N) is 1. The van der Waals surface area contributed by atoms with Crippen LogP contribution in [-0.4, -0.2) is 53.5 Å². The van der Waals surface area contributed by atoms with Crippen molar-refractivity contribution >= 4 is 0 Å². The molecule has 0 atom stereocenters. The van der Waals surface area contributed by atoms with Crippen LogP contribution in [0.3, 0.4) is 0 Å². The summed E-state index contributed by atoms with van der Waals surface area (Å²) in [6.07, 6.45) is 0. The van der Waals surface area contributed by atoms with E-state index in [1.165, 1.54) is 11.1 Å². The molecule has 4 nitrogen and oxygen atoms in total. The van der Waals surface area contributed by atoms with Crippen LogP contribution in [0.1, 0.15) is 11.1 Å². The Morgan fingerprint density at radius 3 is 2.06 bits per heavy atom. The van der Waals surface area contributed by atoms with E-state index in [1.54, 1.807) is 0 Å². The number of hydrogen-bond donors (Lipinski definition) is 2. The highest BCUT2D eigenvalue weighted by Crippen LogP contribution is 2.14. The van der Waals surface area contributed by atoms with Gasteiger partial charge in [0.25, 0.3) is 0 Å². The van der Waals surface area contributed by atoms with Crippen molar-refractivity contribution in [2.45, 2.75) is 13.5 Å². The van der Waals surface area contributed by atoms with Crippen LogP contribution in [0.25, 0.3) is 0 Å². The van der Waals surface area contributed by atoms with Crippen molar-refractivity contribution in [3.8, 4) is 0 Å². The van der Waals surface area contributed by atoms with E-state index >= 15 is 0 Å². The highest BCUT2D eigenvalue weighted by molar-refractivity contribution is 5.24. The summed E-state index contributed by atoms with van der Waals surface area (Å²) in [5.41, 5.74) is 2.55. The van der Waals surface area contributed by atoms with Gasteiger partial charge in [0.05, 0.1) is 20.3 Å². The number of benzene rings is 1. The zero-order valence-electron chi connectivity index (χ0n) is 10.6. The van der Waals surface area contributed by atoms with E-state index in [4.69, 9.17) is 10.2 Å². The molecule has 0 aromatic heterocycles. The Kier molecular flexibility index (Phi) is 6.99. The van der Waals surface area contributed by atoms with Crippen molar-refractivity contribution in [2.24, 2.45) is 0 Å². The maximum Gasteiger partial charge on any atom is 0.105 e. The van der Waals surface area contributed by atoms with Crippen molar-refractivity contribution in [1.82, 2.24) is 0 Å². The molecule has 0 unspecified atom stereocenters. The first-order chi connectivity index (χ1) is 7.61. The Hall–Kier alpha value is -0.940. The second-order valence-electron chi connectivity index (χ2n) is 4.60. The van der Waals surface area contributed by atoms with E-state index < -0.39 is 0 Å². The molecule has 0 aliphatic carbocycles. The van der Waals surface area contributed by atoms with Gasteiger partial charge in [-0.2, -0.15) is 0 Å². The van der Waals surface area contributed by atoms with Gasteiger partial charge in [-0.25, -0.2) is 0 Å². The predicted molar refractivity (Wildman–Crippen MR) is 66.9 cm³/mol. The Balaban J connectivity index is 0.00000256. The Labute approximate surface area is 103 Å². The standard InChI is InChI=1S/C13H22NO2.H2O/c1-12-5-3-4-6-13(12)11-14(2,7-9-15)8-10-16;/h3-6,15-16H,7-11H2,1-2H3;1H2/q+1;/p-1. The van der Waals surface area contributed by atoms with Crippen LogP contribution in [0.4, 0.5) is 0 Å². The molecule has 98 valence electrons. The summed E-state index contributed by atoms with van der Waals surface area (Å²) in [4.78, 5) is 0. The molecule has 0 radical (unpaired) electrons. The summed E-state index contributed by atoms with van der Waals surface area (Å²) in [5, 5.41) is 18.2. The van der Waals surface area contributed by atoms with Gasteiger partial charge < -0.3 is 20.2 Å². The lowest BCUT2D eigenvalue weighted by atomic mass is 10.1. The molecule has 0 saturated carbocycles. The second kappa shape index (κ2) is 7.40. The molecular weight excluding hydrogens is 218 g/mol. The van der Waals surface area contributed by atoms with Gasteiger partial charge in [0.2, 0.25) is 0 Å². The van der Waals surface area contributed by atoms with E-state index in [0.29, 0.717) is 17.6 Å². The monoisotopic (exact) mass is 241 g/mol. The van der Waals surface area contributed by atoms with Crippen LogP contribution in [-0.2, 0) is 6.54 Å². The third kappa shape index (κ3) is 4.83. The quantitative estimate of drug-likeness (QED) is 0.722. The van der Waals surface area contributed by atoms with Crippen LogP contribution in [0.15, 0.2) is 24.3 Å². The van der Waals surface area contributed by atoms with Gasteiger partial charge in [-0.15, -0.1) is 0 Å². The van der Waals surface area contributed by atoms with Crippen molar-refractivity contribution in [2.75, 3.05) is 33.4 Å². The molecule has 0 aliphatic heterocycles. The van der Waals surface area contributed by atoms with E-state index in [2.05, 4.69) is 26.1 Å². The average molecular weight is 241 g/mol. The lowest BCUT2D eigenvalue weighted by Gasteiger charge is -2.33. The smallest absolute Gasteiger partial charge is 0.105 e. The minimum absolute atomic E-state index is 0. The molecule has 3 N–H and O–H groups in total. The molecule has 0 saturated heterocycles. The molecule has 0 fully saturated rings. The minimum Gasteiger partial charge on any atom is -0.870 e. The topological polar surface area (TPSA) is 70.5 Å². The maximum atomic E-state index is 9.08. The third-order valence-corrected chi connectivity index (χ3v) is 3.09. The summed E-state index contributed by atoms with van der Waals surface area (Å²) in [5.74, 6) is 0. The number of aliphatic hydroxyl groups is 2. The Bertz CT molecular complexity index is 322. The Morgan fingerprint density at radius 1 is 1.06 bits per heavy atom. The highest BCUT2D eigenvalue weighted by atomic mass is 16.3. The van der Waals surface area contributed by atoms with Crippen molar-refractivity contribution in [3.63, 3.8) is 0 Å². The van der Waals surface area contributed by atoms with Crippen LogP contribution in [0.5, 0.6) is 0 Å². The lowest BCUT2D eigenvalue weighted by Crippen LogP contribution is -2.47. The average Bonchev–Trinajstić information content (AvgIpc) is 2.22. The third-order valence-electron chi connectivity index (χ3n) is 3.09. The molecule has 0 spiro atoms. The highest BCUT2D eigenvalue weighted by Gasteiger charge is 2.21. The van der Waals surface area contributed by atoms with Gasteiger partial charge >= 0.3 is 0 Å². The van der Waals surface area contributed by atoms with Crippen LogP contribution >= 0.6 is 0 Å². The van der Waals surface area contributed by atoms with Gasteiger partial charge in [-0.3, -0.25) is 0 Å². The second-order valence-corrected chi connectivity index (χ2v) is 4.60. The summed E-state index contributed by atoms with van der Waals surface area (Å²) in [6.45, 7) is 4.61. The number of rotatable bonds is 6. The molecule has 0 heterocycles. The molecule has 17 heavy (non-hydrogen) atoms. The number of aliphatic hydroxyl groups excluding tert-OH is 2. The first kappa shape index (κ1) is 16.1. The molecule has 4 heteroatoms. The zero-order chi connectivity index (χ0) is 12.0. The van der Waals surface area contributed by atoms with Crippen LogP contribution in [0.2, 0.25) is 0 Å². The molecule has 1 rings (SSSR count). The number of hydrogen-bond acceptors (Lipinski definition) is 3. The minimum atomic E-state index is 0. The lowest BCUT2D eigenvalue weighted by molar-refractivity contribution is -0.923. The maximum absolute atomic E-state index is 9.08. The normalized spacial score (nSPS) is 11.1. The summed E-state index contributed by atoms with van der Waals surface area (Å²) >= 11 is 0. The fourth-order valence-electron chi connectivity index (χ4n) is 1.95. The number of quaternary nitrogens is 1. The summed E-state index contributed by atoms with van der Waals surface area (Å²) < 4.78 is 0.678. The van der Waals surface area contributed by atoms with Crippen LogP contribution in [0, 0.1) is 6.92 Å². The SMILES string of the molecule is Cc1ccccc1C[N+](C)(CCO)CCO.[OH-]. The van der Waals surface area contributed by atoms with Gasteiger partial charge in [0.15, 0.2) is 0 Å². The number of likely N-dealkylation sites (N-methyl/N-ethyl adjacent to an activating group) is 1. The van der Waals surface area contributed by atoms with Gasteiger partial charge in [-0.05, 0) is 12.5 Å². The van der Waals surface area contributed by atoms with Crippen LogP contribution < -0.4 is 0 Å². The van der Waals surface area contributed by atoms with Crippen molar-refractivity contribution in [3.05, 3.63) is 35.4 Å².